The Kier molecular flexibility index (Phi) is 9.57. The minimum Gasteiger partial charge on any atom is -0.379 e. The van der Waals surface area contributed by atoms with Gasteiger partial charge in [0.2, 0.25) is 0 Å². The van der Waals surface area contributed by atoms with E-state index in [1.54, 1.807) is 0 Å². The summed E-state index contributed by atoms with van der Waals surface area (Å²) in [6.45, 7) is 7.28. The lowest BCUT2D eigenvalue weighted by Gasteiger charge is -2.08. The van der Waals surface area contributed by atoms with Crippen LogP contribution in [0.25, 0.3) is 0 Å². The van der Waals surface area contributed by atoms with Gasteiger partial charge < -0.3 is 9.47 Å². The molecule has 0 aliphatic carbocycles. The molecule has 0 fully saturated rings. The molecule has 0 amide bonds. The van der Waals surface area contributed by atoms with Gasteiger partial charge in [-0.3, -0.25) is 0 Å². The molecule has 0 radical (unpaired) electrons. The number of hydrogen-bond acceptors (Lipinski definition) is 3. The lowest BCUT2D eigenvalue weighted by atomic mass is 10.2. The molecule has 2 nitrogen and oxygen atoms in total. The zero-order chi connectivity index (χ0) is 9.23. The summed E-state index contributed by atoms with van der Waals surface area (Å²) in [5, 5.41) is 0. The fourth-order valence-electron chi connectivity index (χ4n) is 0.701. The fourth-order valence-corrected chi connectivity index (χ4v) is 0.807. The van der Waals surface area contributed by atoms with Gasteiger partial charge in [0, 0.05) is 6.61 Å². The minimum atomic E-state index is 0.541. The SMILES string of the molecule is CCCOCCOCC(C)CS. The van der Waals surface area contributed by atoms with E-state index in [4.69, 9.17) is 9.47 Å². The molecule has 1 atom stereocenters. The van der Waals surface area contributed by atoms with Gasteiger partial charge in [-0.25, -0.2) is 0 Å². The molecule has 0 aliphatic heterocycles. The maximum absolute atomic E-state index is 5.36. The lowest BCUT2D eigenvalue weighted by Crippen LogP contribution is -2.11. The van der Waals surface area contributed by atoms with Crippen LogP contribution in [-0.4, -0.2) is 32.2 Å². The monoisotopic (exact) mass is 192 g/mol. The molecule has 0 aliphatic rings. The molecule has 3 heteroatoms. The maximum Gasteiger partial charge on any atom is 0.0700 e. The van der Waals surface area contributed by atoms with Crippen LogP contribution >= 0.6 is 12.6 Å². The summed E-state index contributed by atoms with van der Waals surface area (Å²) in [4.78, 5) is 0. The van der Waals surface area contributed by atoms with Gasteiger partial charge in [-0.2, -0.15) is 12.6 Å². The van der Waals surface area contributed by atoms with Crippen molar-refractivity contribution in [1.29, 1.82) is 0 Å². The van der Waals surface area contributed by atoms with E-state index >= 15 is 0 Å². The molecule has 0 saturated carbocycles. The van der Waals surface area contributed by atoms with E-state index in [1.807, 2.05) is 0 Å². The highest BCUT2D eigenvalue weighted by molar-refractivity contribution is 7.80. The van der Waals surface area contributed by atoms with Crippen LogP contribution in [0.4, 0.5) is 0 Å². The Balaban J connectivity index is 2.90. The van der Waals surface area contributed by atoms with Crippen LogP contribution in [0.1, 0.15) is 20.3 Å². The highest BCUT2D eigenvalue weighted by atomic mass is 32.1. The van der Waals surface area contributed by atoms with Crippen LogP contribution < -0.4 is 0 Å². The van der Waals surface area contributed by atoms with Crippen molar-refractivity contribution in [2.75, 3.05) is 32.2 Å². The highest BCUT2D eigenvalue weighted by Gasteiger charge is 1.97. The summed E-state index contributed by atoms with van der Waals surface area (Å²) >= 11 is 4.16. The Bertz CT molecular complexity index is 88.6. The van der Waals surface area contributed by atoms with Crippen LogP contribution in [0.15, 0.2) is 0 Å². The molecule has 0 bridgehead atoms. The second-order valence-corrected chi connectivity index (χ2v) is 3.34. The van der Waals surface area contributed by atoms with Gasteiger partial charge in [0.1, 0.15) is 0 Å². The Morgan fingerprint density at radius 2 is 1.83 bits per heavy atom. The van der Waals surface area contributed by atoms with Crippen LogP contribution in [-0.2, 0) is 9.47 Å². The zero-order valence-electron chi connectivity index (χ0n) is 8.08. The van der Waals surface area contributed by atoms with Crippen molar-refractivity contribution in [2.45, 2.75) is 20.3 Å². The summed E-state index contributed by atoms with van der Waals surface area (Å²) in [7, 11) is 0. The largest absolute Gasteiger partial charge is 0.379 e. The van der Waals surface area contributed by atoms with E-state index in [1.165, 1.54) is 0 Å². The third-order valence-electron chi connectivity index (χ3n) is 1.43. The van der Waals surface area contributed by atoms with Crippen LogP contribution in [0.5, 0.6) is 0 Å². The first kappa shape index (κ1) is 12.3. The van der Waals surface area contributed by atoms with Crippen molar-refractivity contribution in [3.8, 4) is 0 Å². The Morgan fingerprint density at radius 1 is 1.17 bits per heavy atom. The fraction of sp³-hybridized carbons (Fsp3) is 1.00. The molecule has 0 spiro atoms. The molecular formula is C9H20O2S. The lowest BCUT2D eigenvalue weighted by molar-refractivity contribution is 0.0386. The van der Waals surface area contributed by atoms with Gasteiger partial charge in [-0.05, 0) is 18.1 Å². The molecule has 0 N–H and O–H groups in total. The van der Waals surface area contributed by atoms with Crippen molar-refractivity contribution in [3.63, 3.8) is 0 Å². The van der Waals surface area contributed by atoms with Gasteiger partial charge >= 0.3 is 0 Å². The summed E-state index contributed by atoms with van der Waals surface area (Å²) in [5.74, 6) is 1.43. The summed E-state index contributed by atoms with van der Waals surface area (Å²) in [6, 6.07) is 0. The van der Waals surface area contributed by atoms with Crippen LogP contribution in [0, 0.1) is 5.92 Å². The van der Waals surface area contributed by atoms with E-state index in [0.717, 1.165) is 25.4 Å². The zero-order valence-corrected chi connectivity index (χ0v) is 8.98. The average Bonchev–Trinajstić information content (AvgIpc) is 2.10. The highest BCUT2D eigenvalue weighted by Crippen LogP contribution is 1.97. The van der Waals surface area contributed by atoms with E-state index in [0.29, 0.717) is 19.1 Å². The van der Waals surface area contributed by atoms with Crippen molar-refractivity contribution < 1.29 is 9.47 Å². The molecule has 0 aromatic heterocycles. The van der Waals surface area contributed by atoms with Crippen LogP contribution in [0.2, 0.25) is 0 Å². The van der Waals surface area contributed by atoms with Crippen molar-refractivity contribution in [2.24, 2.45) is 5.92 Å². The van der Waals surface area contributed by atoms with Gasteiger partial charge in [0.05, 0.1) is 19.8 Å². The molecule has 0 aromatic carbocycles. The van der Waals surface area contributed by atoms with Crippen LogP contribution in [0.3, 0.4) is 0 Å². The first-order chi connectivity index (χ1) is 5.81. The topological polar surface area (TPSA) is 18.5 Å². The molecule has 0 rings (SSSR count). The number of thiol groups is 1. The first-order valence-electron chi connectivity index (χ1n) is 4.57. The minimum absolute atomic E-state index is 0.541. The van der Waals surface area contributed by atoms with E-state index in [2.05, 4.69) is 26.5 Å². The van der Waals surface area contributed by atoms with Crippen molar-refractivity contribution in [3.05, 3.63) is 0 Å². The Labute approximate surface area is 81.0 Å². The molecule has 0 aromatic rings. The maximum atomic E-state index is 5.36. The van der Waals surface area contributed by atoms with Gasteiger partial charge in [-0.1, -0.05) is 13.8 Å². The molecular weight excluding hydrogens is 172 g/mol. The van der Waals surface area contributed by atoms with Crippen molar-refractivity contribution >= 4 is 12.6 Å². The molecule has 0 heterocycles. The third-order valence-corrected chi connectivity index (χ3v) is 2.06. The van der Waals surface area contributed by atoms with E-state index in [-0.39, 0.29) is 0 Å². The Morgan fingerprint density at radius 3 is 2.42 bits per heavy atom. The number of ether oxygens (including phenoxy) is 2. The first-order valence-corrected chi connectivity index (χ1v) is 5.20. The summed E-state index contributed by atoms with van der Waals surface area (Å²) in [6.07, 6.45) is 1.08. The van der Waals surface area contributed by atoms with Gasteiger partial charge in [0.15, 0.2) is 0 Å². The van der Waals surface area contributed by atoms with Gasteiger partial charge in [-0.15, -0.1) is 0 Å². The number of rotatable bonds is 8. The standard InChI is InChI=1S/C9H20O2S/c1-3-4-10-5-6-11-7-9(2)8-12/h9,12H,3-8H2,1-2H3. The van der Waals surface area contributed by atoms with Crippen molar-refractivity contribution in [1.82, 2.24) is 0 Å². The quantitative estimate of drug-likeness (QED) is 0.468. The molecule has 1 unspecified atom stereocenters. The van der Waals surface area contributed by atoms with E-state index in [9.17, 15) is 0 Å². The third kappa shape index (κ3) is 8.37. The molecule has 74 valence electrons. The normalized spacial score (nSPS) is 13.2. The van der Waals surface area contributed by atoms with E-state index < -0.39 is 0 Å². The predicted molar refractivity (Wildman–Crippen MR) is 54.9 cm³/mol. The summed E-state index contributed by atoms with van der Waals surface area (Å²) in [5.41, 5.74) is 0. The second-order valence-electron chi connectivity index (χ2n) is 2.98. The smallest absolute Gasteiger partial charge is 0.0700 e. The molecule has 0 saturated heterocycles. The second kappa shape index (κ2) is 9.36. The number of hydrogen-bond donors (Lipinski definition) is 1. The molecule has 12 heavy (non-hydrogen) atoms. The summed E-state index contributed by atoms with van der Waals surface area (Å²) < 4.78 is 10.6. The Hall–Kier alpha value is 0.270. The average molecular weight is 192 g/mol. The van der Waals surface area contributed by atoms with Gasteiger partial charge in [0.25, 0.3) is 0 Å². The predicted octanol–water partition coefficient (Wildman–Crippen LogP) is 2.00.